The normalized spacial score (nSPS) is 36.6. The van der Waals surface area contributed by atoms with Crippen LogP contribution in [0.1, 0.15) is 126 Å². The molecule has 1 saturated carbocycles. The van der Waals surface area contributed by atoms with Crippen molar-refractivity contribution in [3.05, 3.63) is 47.6 Å². The number of cyclic esters (lactones) is 1. The van der Waals surface area contributed by atoms with Crippen LogP contribution in [0.3, 0.4) is 0 Å². The first-order valence-electron chi connectivity index (χ1n) is 27.2. The van der Waals surface area contributed by atoms with Crippen LogP contribution in [0.5, 0.6) is 0 Å². The van der Waals surface area contributed by atoms with Gasteiger partial charge in [-0.15, -0.1) is 0 Å². The summed E-state index contributed by atoms with van der Waals surface area (Å²) in [6.45, 7) is 11.7. The molecule has 0 spiro atoms. The molecule has 16 atom stereocenters. The van der Waals surface area contributed by atoms with Crippen LogP contribution in [-0.2, 0) is 66.3 Å². The summed E-state index contributed by atoms with van der Waals surface area (Å²) in [7, 11) is -4.79. The molecular weight excluding hydrogens is 1060 g/mol. The Morgan fingerprint density at radius 3 is 2.22 bits per heavy atom. The van der Waals surface area contributed by atoms with Crippen molar-refractivity contribution in [3.63, 3.8) is 0 Å². The third-order valence-corrected chi connectivity index (χ3v) is 19.9. The van der Waals surface area contributed by atoms with Gasteiger partial charge in [-0.1, -0.05) is 71.1 Å². The van der Waals surface area contributed by atoms with Gasteiger partial charge in [-0.05, 0) is 107 Å². The predicted molar refractivity (Wildman–Crippen MR) is 287 cm³/mol. The summed E-state index contributed by atoms with van der Waals surface area (Å²) >= 11 is 0. The van der Waals surface area contributed by atoms with E-state index in [1.54, 1.807) is 40.9 Å². The number of allylic oxidation sites excluding steroid dienone is 6. The van der Waals surface area contributed by atoms with E-state index in [-0.39, 0.29) is 55.6 Å². The molecule has 1 aliphatic carbocycles. The fourth-order valence-electron chi connectivity index (χ4n) is 11.0. The van der Waals surface area contributed by atoms with E-state index in [1.165, 1.54) is 14.2 Å². The number of piperidine rings is 1. The summed E-state index contributed by atoms with van der Waals surface area (Å²) in [6.07, 6.45) is 6.73. The molecule has 442 valence electrons. The lowest BCUT2D eigenvalue weighted by atomic mass is 9.78. The number of esters is 1. The van der Waals surface area contributed by atoms with Crippen molar-refractivity contribution in [3.8, 4) is 0 Å². The average molecular weight is 1140 g/mol. The molecule has 0 aromatic rings. The summed E-state index contributed by atoms with van der Waals surface area (Å²) in [5, 5.41) is 23.5. The molecule has 1 unspecified atom stereocenters. The zero-order valence-corrected chi connectivity index (χ0v) is 48.9. The topological polar surface area (TPSA) is 306 Å². The van der Waals surface area contributed by atoms with E-state index in [0.29, 0.717) is 56.9 Å². The van der Waals surface area contributed by atoms with Gasteiger partial charge in [0, 0.05) is 58.5 Å². The Labute approximate surface area is 459 Å². The van der Waals surface area contributed by atoms with Crippen LogP contribution in [0, 0.1) is 35.5 Å². The van der Waals surface area contributed by atoms with Crippen LogP contribution >= 0.6 is 15.0 Å². The van der Waals surface area contributed by atoms with Crippen molar-refractivity contribution < 1.29 is 95.9 Å². The SMILES string of the molecule is CO[C@H]1C[C@@H]2CC[C@@H](C)[C@@](O)(O2)C(=O)C(=O)N2CCCC[C@H]2C(=O)O[C@H]([C@H](C)C[C@H]2CC[C@@H](OC(=O)OCCP(=O)(O)CP(=O)(O)O)[C@H](OC)C2)CC(=O)[C@H](C)/C=C(\C)[C@@H](O)[C@@H](OC)C(=O)[C@H](C)C[C@H](C)/C=C/C=C/C=C/1C. The quantitative estimate of drug-likeness (QED) is 0.0584. The number of rotatable bonds is 12. The highest BCUT2D eigenvalue weighted by molar-refractivity contribution is 7.72. The van der Waals surface area contributed by atoms with Crippen LogP contribution < -0.4 is 0 Å². The summed E-state index contributed by atoms with van der Waals surface area (Å²) in [6, 6.07) is -1.24. The first-order chi connectivity index (χ1) is 36.5. The summed E-state index contributed by atoms with van der Waals surface area (Å²) in [4.78, 5) is 113. The van der Waals surface area contributed by atoms with E-state index in [1.807, 2.05) is 51.2 Å². The van der Waals surface area contributed by atoms with Crippen LogP contribution in [-0.4, -0.2) is 166 Å². The molecule has 2 saturated heterocycles. The molecule has 78 heavy (non-hydrogen) atoms. The van der Waals surface area contributed by atoms with E-state index < -0.39 is 136 Å². The Morgan fingerprint density at radius 1 is 0.859 bits per heavy atom. The molecule has 3 aliphatic heterocycles. The number of nitrogens with zero attached hydrogens (tertiary/aromatic N) is 1. The fraction of sp³-hybridized carbons (Fsp3) is 0.745. The molecule has 3 heterocycles. The summed E-state index contributed by atoms with van der Waals surface area (Å²) < 4.78 is 63.4. The Bertz CT molecular complexity index is 2290. The second-order valence-electron chi connectivity index (χ2n) is 22.2. The van der Waals surface area contributed by atoms with Crippen molar-refractivity contribution >= 4 is 50.3 Å². The minimum atomic E-state index is -4.80. The van der Waals surface area contributed by atoms with Crippen LogP contribution in [0.4, 0.5) is 4.79 Å². The summed E-state index contributed by atoms with van der Waals surface area (Å²) in [5.41, 5.74) is 1.16. The molecule has 2 bridgehead atoms. The highest BCUT2D eigenvalue weighted by Gasteiger charge is 2.53. The molecular formula is C55H87NO20P2. The second kappa shape index (κ2) is 30.4. The third kappa shape index (κ3) is 19.5. The van der Waals surface area contributed by atoms with E-state index in [4.69, 9.17) is 42.9 Å². The Balaban J connectivity index is 1.64. The number of ketones is 3. The lowest BCUT2D eigenvalue weighted by Gasteiger charge is -2.42. The van der Waals surface area contributed by atoms with Gasteiger partial charge in [-0.25, -0.2) is 9.59 Å². The molecule has 3 fully saturated rings. The molecule has 4 rings (SSSR count). The number of Topliss-reactive ketones (excluding diaryl/α,β-unsaturated/α-hetero) is 3. The number of carbonyl (C=O) groups is 6. The highest BCUT2D eigenvalue weighted by Crippen LogP contribution is 2.54. The van der Waals surface area contributed by atoms with Crippen LogP contribution in [0.2, 0.25) is 0 Å². The first-order valence-corrected chi connectivity index (χ1v) is 31.0. The van der Waals surface area contributed by atoms with E-state index in [9.17, 15) is 53.0 Å². The van der Waals surface area contributed by atoms with Crippen molar-refractivity contribution in [2.75, 3.05) is 46.5 Å². The molecule has 4 aliphatic rings. The van der Waals surface area contributed by atoms with Gasteiger partial charge in [0.15, 0.2) is 5.78 Å². The maximum Gasteiger partial charge on any atom is 0.508 e. The molecule has 5 N–H and O–H groups in total. The number of methoxy groups -OCH3 is 3. The van der Waals surface area contributed by atoms with Gasteiger partial charge in [-0.2, -0.15) is 0 Å². The predicted octanol–water partition coefficient (Wildman–Crippen LogP) is 6.75. The van der Waals surface area contributed by atoms with Gasteiger partial charge >= 0.3 is 19.7 Å². The highest BCUT2D eigenvalue weighted by atomic mass is 31.2. The Hall–Kier alpha value is -3.72. The van der Waals surface area contributed by atoms with E-state index in [2.05, 4.69) is 0 Å². The number of hydrogen-bond acceptors (Lipinski definition) is 17. The van der Waals surface area contributed by atoms with Gasteiger partial charge in [0.1, 0.15) is 48.8 Å². The van der Waals surface area contributed by atoms with Gasteiger partial charge in [-0.3, -0.25) is 28.3 Å². The van der Waals surface area contributed by atoms with Crippen molar-refractivity contribution in [2.24, 2.45) is 35.5 Å². The summed E-state index contributed by atoms with van der Waals surface area (Å²) in [5.74, 6) is -10.4. The number of ether oxygens (including phenoxy) is 7. The maximum absolute atomic E-state index is 14.6. The van der Waals surface area contributed by atoms with Crippen molar-refractivity contribution in [1.82, 2.24) is 4.90 Å². The molecule has 0 radical (unpaired) electrons. The van der Waals surface area contributed by atoms with E-state index >= 15 is 0 Å². The van der Waals surface area contributed by atoms with Crippen molar-refractivity contribution in [2.45, 2.75) is 180 Å². The Morgan fingerprint density at radius 2 is 1.56 bits per heavy atom. The number of carbonyl (C=O) groups excluding carboxylic acids is 6. The molecule has 0 aromatic heterocycles. The fourth-order valence-corrected chi connectivity index (χ4v) is 14.3. The minimum Gasteiger partial charge on any atom is -0.460 e. The number of amides is 1. The monoisotopic (exact) mass is 1140 g/mol. The lowest BCUT2D eigenvalue weighted by Crippen LogP contribution is -2.61. The largest absolute Gasteiger partial charge is 0.508 e. The molecule has 21 nitrogen and oxygen atoms in total. The minimum absolute atomic E-state index is 0.0119. The van der Waals surface area contributed by atoms with Crippen LogP contribution in [0.15, 0.2) is 47.6 Å². The van der Waals surface area contributed by atoms with Gasteiger partial charge in [0.2, 0.25) is 13.2 Å². The molecule has 1 amide bonds. The standard InChI is InChI=1S/C55H87NO20P2/c1-33-16-12-11-13-17-34(2)45(70-8)30-41-21-19-39(7)55(64,76-41)51(60)52(61)56-23-15-14-18-42(56)53(62)74-46(31-43(57)35(3)27-38(6)49(59)50(72-10)48(58)37(5)26-33)36(4)28-40-20-22-44(47(29-40)71-9)75-54(63)73-24-25-77(65,66)32-78(67,68)69/h11-13,16-17,27,33,35-37,39-42,44-47,49-50,59,64H,14-15,18-26,28-32H2,1-10H3,(H,65,66)(H2,67,68,69)/b13-11+,16-12+,34-17+,38-27+/t33-,35-,36-,37-,39-,40-,41+,42+,44-,45+,46+,47-,49-,50+,55-/m1/s1. The van der Waals surface area contributed by atoms with Crippen molar-refractivity contribution in [1.29, 1.82) is 0 Å². The zero-order chi connectivity index (χ0) is 58.3. The Kier molecular flexibility index (Phi) is 26.0. The first kappa shape index (κ1) is 66.8. The zero-order valence-electron chi connectivity index (χ0n) is 47.1. The number of fused-ring (bicyclic) bond motifs is 3. The number of hydrogen-bond donors (Lipinski definition) is 5. The lowest BCUT2D eigenvalue weighted by molar-refractivity contribution is -0.265. The van der Waals surface area contributed by atoms with E-state index in [0.717, 1.165) is 10.5 Å². The maximum atomic E-state index is 14.6. The van der Waals surface area contributed by atoms with Gasteiger partial charge in [0.25, 0.3) is 11.7 Å². The van der Waals surface area contributed by atoms with Gasteiger partial charge < -0.3 is 63.0 Å². The average Bonchev–Trinajstić information content (AvgIpc) is 3.37. The molecule has 23 heteroatoms. The second-order valence-corrected chi connectivity index (χ2v) is 26.8. The third-order valence-electron chi connectivity index (χ3n) is 15.8. The number of aliphatic hydroxyl groups excluding tert-OH is 1. The van der Waals surface area contributed by atoms with Crippen LogP contribution in [0.25, 0.3) is 0 Å². The number of aliphatic hydroxyl groups is 2. The smallest absolute Gasteiger partial charge is 0.460 e. The molecule has 0 aromatic carbocycles. The van der Waals surface area contributed by atoms with Gasteiger partial charge in [0.05, 0.1) is 24.5 Å².